The molecule has 96 valence electrons. The summed E-state index contributed by atoms with van der Waals surface area (Å²) in [6.07, 6.45) is 1.94. The van der Waals surface area contributed by atoms with E-state index in [2.05, 4.69) is 22.4 Å². The molecule has 0 amide bonds. The van der Waals surface area contributed by atoms with Crippen LogP contribution in [0.4, 0.5) is 5.82 Å². The molecule has 1 aromatic carbocycles. The fourth-order valence-corrected chi connectivity index (χ4v) is 2.12. The van der Waals surface area contributed by atoms with Crippen LogP contribution in [0.2, 0.25) is 0 Å². The molecule has 4 heteroatoms. The summed E-state index contributed by atoms with van der Waals surface area (Å²) in [6.45, 7) is 0.634. The molecule has 2 aromatic heterocycles. The molecule has 0 saturated heterocycles. The highest BCUT2D eigenvalue weighted by Gasteiger charge is 2.10. The van der Waals surface area contributed by atoms with Gasteiger partial charge in [0.15, 0.2) is 0 Å². The van der Waals surface area contributed by atoms with E-state index in [-0.39, 0.29) is 6.61 Å². The van der Waals surface area contributed by atoms with Gasteiger partial charge in [-0.05, 0) is 17.7 Å². The Bertz CT molecular complexity index is 676. The minimum atomic E-state index is -0.0706. The zero-order chi connectivity index (χ0) is 13.1. The topological polar surface area (TPSA) is 49.6 Å². The van der Waals surface area contributed by atoms with Crippen molar-refractivity contribution in [1.29, 1.82) is 0 Å². The Hall–Kier alpha value is -2.33. The fourth-order valence-electron chi connectivity index (χ4n) is 2.12. The highest BCUT2D eigenvalue weighted by molar-refractivity contribution is 5.55. The van der Waals surface area contributed by atoms with E-state index in [1.165, 1.54) is 5.56 Å². The molecule has 0 atom stereocenters. The number of hydrogen-bond acceptors (Lipinski definition) is 3. The number of nitrogens with one attached hydrogen (secondary N) is 1. The quantitative estimate of drug-likeness (QED) is 0.751. The van der Waals surface area contributed by atoms with Crippen LogP contribution in [0.15, 0.2) is 54.7 Å². The van der Waals surface area contributed by atoms with Gasteiger partial charge in [-0.1, -0.05) is 36.4 Å². The maximum atomic E-state index is 9.40. The zero-order valence-electron chi connectivity index (χ0n) is 10.5. The van der Waals surface area contributed by atoms with Crippen molar-refractivity contribution >= 4 is 11.5 Å². The first-order valence-electron chi connectivity index (χ1n) is 6.23. The van der Waals surface area contributed by atoms with E-state index in [1.54, 1.807) is 0 Å². The lowest BCUT2D eigenvalue weighted by atomic mass is 10.2. The van der Waals surface area contributed by atoms with Crippen molar-refractivity contribution in [3.8, 4) is 0 Å². The third-order valence-electron chi connectivity index (χ3n) is 3.05. The van der Waals surface area contributed by atoms with Crippen LogP contribution in [0.1, 0.15) is 11.3 Å². The molecule has 0 saturated carbocycles. The lowest BCUT2D eigenvalue weighted by molar-refractivity contribution is 0.278. The predicted octanol–water partition coefficient (Wildman–Crippen LogP) is 2.44. The summed E-state index contributed by atoms with van der Waals surface area (Å²) < 4.78 is 1.95. The van der Waals surface area contributed by atoms with Crippen molar-refractivity contribution in [2.24, 2.45) is 0 Å². The number of nitrogens with zero attached hydrogens (tertiary/aromatic N) is 2. The number of fused-ring (bicyclic) bond motifs is 1. The molecule has 19 heavy (non-hydrogen) atoms. The molecule has 0 radical (unpaired) electrons. The number of benzene rings is 1. The lowest BCUT2D eigenvalue weighted by Gasteiger charge is -2.07. The molecule has 2 heterocycles. The summed E-state index contributed by atoms with van der Waals surface area (Å²) >= 11 is 0. The first kappa shape index (κ1) is 11.7. The number of aliphatic hydroxyl groups excluding tert-OH is 1. The highest BCUT2D eigenvalue weighted by Crippen LogP contribution is 2.18. The SMILES string of the molecule is OCc1nc2ccccn2c1NCc1ccccc1. The lowest BCUT2D eigenvalue weighted by Crippen LogP contribution is -2.04. The van der Waals surface area contributed by atoms with E-state index >= 15 is 0 Å². The van der Waals surface area contributed by atoms with Gasteiger partial charge in [0.05, 0.1) is 6.61 Å². The van der Waals surface area contributed by atoms with E-state index in [4.69, 9.17) is 0 Å². The van der Waals surface area contributed by atoms with Crippen LogP contribution in [0.3, 0.4) is 0 Å². The normalized spacial score (nSPS) is 10.8. The average molecular weight is 253 g/mol. The molecule has 0 spiro atoms. The van der Waals surface area contributed by atoms with Crippen molar-refractivity contribution in [3.63, 3.8) is 0 Å². The van der Waals surface area contributed by atoms with Crippen LogP contribution in [0.25, 0.3) is 5.65 Å². The number of rotatable bonds is 4. The van der Waals surface area contributed by atoms with Crippen molar-refractivity contribution in [2.45, 2.75) is 13.2 Å². The summed E-state index contributed by atoms with van der Waals surface area (Å²) in [5.41, 5.74) is 2.70. The summed E-state index contributed by atoms with van der Waals surface area (Å²) in [5.74, 6) is 0.849. The van der Waals surface area contributed by atoms with Crippen molar-refractivity contribution in [2.75, 3.05) is 5.32 Å². The van der Waals surface area contributed by atoms with Crippen molar-refractivity contribution < 1.29 is 5.11 Å². The third kappa shape index (κ3) is 2.30. The second kappa shape index (κ2) is 5.12. The van der Waals surface area contributed by atoms with Gasteiger partial charge in [0, 0.05) is 12.7 Å². The monoisotopic (exact) mass is 253 g/mol. The van der Waals surface area contributed by atoms with Gasteiger partial charge in [0.25, 0.3) is 0 Å². The minimum Gasteiger partial charge on any atom is -0.390 e. The van der Waals surface area contributed by atoms with Gasteiger partial charge in [-0.3, -0.25) is 4.40 Å². The van der Waals surface area contributed by atoms with Gasteiger partial charge in [-0.25, -0.2) is 4.98 Å². The Morgan fingerprint density at radius 1 is 1.05 bits per heavy atom. The molecule has 3 aromatic rings. The second-order valence-corrected chi connectivity index (χ2v) is 4.33. The Kier molecular flexibility index (Phi) is 3.16. The average Bonchev–Trinajstić information content (AvgIpc) is 2.84. The number of aromatic nitrogens is 2. The number of imidazole rings is 1. The van der Waals surface area contributed by atoms with Gasteiger partial charge in [-0.15, -0.1) is 0 Å². The minimum absolute atomic E-state index is 0.0706. The van der Waals surface area contributed by atoms with Crippen LogP contribution in [-0.4, -0.2) is 14.5 Å². The first-order chi connectivity index (χ1) is 9.38. The fraction of sp³-hybridized carbons (Fsp3) is 0.133. The summed E-state index contributed by atoms with van der Waals surface area (Å²) in [6, 6.07) is 16.0. The Morgan fingerprint density at radius 2 is 1.84 bits per heavy atom. The van der Waals surface area contributed by atoms with Gasteiger partial charge in [0.2, 0.25) is 0 Å². The van der Waals surface area contributed by atoms with E-state index in [9.17, 15) is 5.11 Å². The maximum absolute atomic E-state index is 9.40. The largest absolute Gasteiger partial charge is 0.390 e. The van der Waals surface area contributed by atoms with E-state index in [0.29, 0.717) is 12.2 Å². The summed E-state index contributed by atoms with van der Waals surface area (Å²) in [4.78, 5) is 4.39. The van der Waals surface area contributed by atoms with Gasteiger partial charge < -0.3 is 10.4 Å². The molecule has 4 nitrogen and oxygen atoms in total. The standard InChI is InChI=1S/C15H15N3O/c19-11-13-15(16-10-12-6-2-1-3-7-12)18-9-5-4-8-14(18)17-13/h1-9,16,19H,10-11H2. The number of pyridine rings is 1. The molecule has 0 aliphatic rings. The molecule has 0 unspecified atom stereocenters. The molecular weight excluding hydrogens is 238 g/mol. The van der Waals surface area contributed by atoms with Crippen LogP contribution in [0, 0.1) is 0 Å². The van der Waals surface area contributed by atoms with Gasteiger partial charge in [-0.2, -0.15) is 0 Å². The molecule has 0 bridgehead atoms. The molecule has 0 aliphatic heterocycles. The molecule has 0 fully saturated rings. The maximum Gasteiger partial charge on any atom is 0.138 e. The molecular formula is C15H15N3O. The Balaban J connectivity index is 1.91. The second-order valence-electron chi connectivity index (χ2n) is 4.33. The number of anilines is 1. The number of hydrogen-bond donors (Lipinski definition) is 2. The van der Waals surface area contributed by atoms with Gasteiger partial charge >= 0.3 is 0 Å². The summed E-state index contributed by atoms with van der Waals surface area (Å²) in [5, 5.41) is 12.7. The molecule has 2 N–H and O–H groups in total. The van der Waals surface area contributed by atoms with Crippen LogP contribution >= 0.6 is 0 Å². The van der Waals surface area contributed by atoms with Crippen molar-refractivity contribution in [3.05, 3.63) is 66.0 Å². The molecule has 0 aliphatic carbocycles. The predicted molar refractivity (Wildman–Crippen MR) is 74.9 cm³/mol. The Morgan fingerprint density at radius 3 is 2.63 bits per heavy atom. The van der Waals surface area contributed by atoms with E-state index in [0.717, 1.165) is 11.5 Å². The van der Waals surface area contributed by atoms with E-state index < -0.39 is 0 Å². The highest BCUT2D eigenvalue weighted by atomic mass is 16.3. The van der Waals surface area contributed by atoms with Crippen LogP contribution < -0.4 is 5.32 Å². The summed E-state index contributed by atoms with van der Waals surface area (Å²) in [7, 11) is 0. The smallest absolute Gasteiger partial charge is 0.138 e. The van der Waals surface area contributed by atoms with Gasteiger partial charge in [0.1, 0.15) is 17.2 Å². The van der Waals surface area contributed by atoms with Crippen LogP contribution in [-0.2, 0) is 13.2 Å². The Labute approximate surface area is 111 Å². The van der Waals surface area contributed by atoms with E-state index in [1.807, 2.05) is 47.0 Å². The van der Waals surface area contributed by atoms with Crippen molar-refractivity contribution in [1.82, 2.24) is 9.38 Å². The third-order valence-corrected chi connectivity index (χ3v) is 3.05. The number of aliphatic hydroxyl groups is 1. The first-order valence-corrected chi connectivity index (χ1v) is 6.23. The zero-order valence-corrected chi connectivity index (χ0v) is 10.5. The van der Waals surface area contributed by atoms with Crippen LogP contribution in [0.5, 0.6) is 0 Å². The molecule has 3 rings (SSSR count).